The molecular weight excluding hydrogens is 456 g/mol. The highest BCUT2D eigenvalue weighted by Gasteiger charge is 2.37. The van der Waals surface area contributed by atoms with Gasteiger partial charge in [-0.3, -0.25) is 9.59 Å². The average molecular weight is 497 g/mol. The molecule has 2 amide bonds. The molecule has 6 nitrogen and oxygen atoms in total. The van der Waals surface area contributed by atoms with Crippen LogP contribution in [0.15, 0.2) is 47.8 Å². The van der Waals surface area contributed by atoms with Gasteiger partial charge < -0.3 is 21.3 Å². The predicted octanol–water partition coefficient (Wildman–Crippen LogP) is 3.51. The van der Waals surface area contributed by atoms with Gasteiger partial charge in [0.05, 0.1) is 12.0 Å². The molecule has 0 bridgehead atoms. The lowest BCUT2D eigenvalue weighted by molar-refractivity contribution is -0.131. The van der Waals surface area contributed by atoms with Crippen molar-refractivity contribution in [1.82, 2.24) is 15.5 Å². The minimum Gasteiger partial charge on any atom is -0.350 e. The van der Waals surface area contributed by atoms with Crippen LogP contribution in [-0.2, 0) is 22.4 Å². The molecule has 4 rings (SSSR count). The number of carbonyl (C=O) groups is 2. The van der Waals surface area contributed by atoms with Crippen molar-refractivity contribution in [2.75, 3.05) is 26.2 Å². The molecule has 1 saturated carbocycles. The van der Waals surface area contributed by atoms with Gasteiger partial charge in [-0.1, -0.05) is 49.2 Å². The molecule has 0 radical (unpaired) electrons. The smallest absolute Gasteiger partial charge is 0.240 e. The Morgan fingerprint density at radius 1 is 1.09 bits per heavy atom. The maximum Gasteiger partial charge on any atom is 0.240 e. The Balaban J connectivity index is 1.19. The monoisotopic (exact) mass is 496 g/mol. The second-order valence-corrected chi connectivity index (χ2v) is 11.3. The van der Waals surface area contributed by atoms with Gasteiger partial charge in [0.25, 0.3) is 0 Å². The first kappa shape index (κ1) is 25.9. The van der Waals surface area contributed by atoms with Crippen molar-refractivity contribution < 1.29 is 9.59 Å². The summed E-state index contributed by atoms with van der Waals surface area (Å²) < 4.78 is 0. The van der Waals surface area contributed by atoms with Gasteiger partial charge in [-0.15, -0.1) is 11.3 Å². The molecule has 7 heteroatoms. The summed E-state index contributed by atoms with van der Waals surface area (Å²) in [6.07, 6.45) is 8.17. The van der Waals surface area contributed by atoms with Crippen molar-refractivity contribution in [2.24, 2.45) is 11.7 Å². The van der Waals surface area contributed by atoms with E-state index in [0.29, 0.717) is 12.3 Å². The molecule has 1 aromatic heterocycles. The molecule has 0 unspecified atom stereocenters. The van der Waals surface area contributed by atoms with Crippen LogP contribution in [0.3, 0.4) is 0 Å². The first-order valence-corrected chi connectivity index (χ1v) is 14.0. The molecule has 2 aliphatic rings. The largest absolute Gasteiger partial charge is 0.350 e. The van der Waals surface area contributed by atoms with E-state index in [-0.39, 0.29) is 17.9 Å². The first-order chi connectivity index (χ1) is 17.0. The van der Waals surface area contributed by atoms with Crippen LogP contribution in [0.5, 0.6) is 0 Å². The van der Waals surface area contributed by atoms with Crippen LogP contribution in [0.1, 0.15) is 55.4 Å². The van der Waals surface area contributed by atoms with Gasteiger partial charge in [-0.2, -0.15) is 0 Å². The number of rotatable bonds is 11. The standard InChI is InChI=1S/C28H40N4O2S/c29-28(13-4-5-14-28)27(34)31-24(19-23-7-2-1-3-8-23)21-30-15-10-22-11-16-32(17-12-22)26(33)20-25-9-6-18-35-25/h1-3,6-9,18,22,24,30H,4-5,10-17,19-21,29H2,(H,31,34)/t24-/m1/s1. The summed E-state index contributed by atoms with van der Waals surface area (Å²) in [5.41, 5.74) is 6.92. The van der Waals surface area contributed by atoms with E-state index in [1.807, 2.05) is 40.6 Å². The molecule has 0 spiro atoms. The van der Waals surface area contributed by atoms with Crippen molar-refractivity contribution in [3.05, 3.63) is 58.3 Å². The summed E-state index contributed by atoms with van der Waals surface area (Å²) in [6, 6.07) is 14.4. The van der Waals surface area contributed by atoms with E-state index >= 15 is 0 Å². The lowest BCUT2D eigenvalue weighted by atomic mass is 9.93. The number of amides is 2. The fourth-order valence-corrected chi connectivity index (χ4v) is 6.06. The Morgan fingerprint density at radius 2 is 1.83 bits per heavy atom. The first-order valence-electron chi connectivity index (χ1n) is 13.2. The minimum absolute atomic E-state index is 0.00248. The van der Waals surface area contributed by atoms with Gasteiger partial charge in [0.2, 0.25) is 11.8 Å². The van der Waals surface area contributed by atoms with Crippen LogP contribution in [0.2, 0.25) is 0 Å². The normalized spacial score (nSPS) is 18.9. The molecule has 2 heterocycles. The molecule has 1 aliphatic heterocycles. The topological polar surface area (TPSA) is 87.5 Å². The summed E-state index contributed by atoms with van der Waals surface area (Å²) in [5.74, 6) is 0.891. The van der Waals surface area contributed by atoms with Crippen LogP contribution in [0.4, 0.5) is 0 Å². The molecule has 1 atom stereocenters. The SMILES string of the molecule is NC1(C(=O)N[C@@H](CNCCC2CCN(C(=O)Cc3cccs3)CC2)Cc2ccccc2)CCCC1. The fraction of sp³-hybridized carbons (Fsp3) is 0.571. The van der Waals surface area contributed by atoms with E-state index in [2.05, 4.69) is 22.8 Å². The van der Waals surface area contributed by atoms with E-state index < -0.39 is 5.54 Å². The maximum atomic E-state index is 12.9. The Hall–Kier alpha value is -2.22. The van der Waals surface area contributed by atoms with E-state index in [1.165, 1.54) is 5.56 Å². The second kappa shape index (κ2) is 12.7. The molecule has 35 heavy (non-hydrogen) atoms. The number of hydrogen-bond donors (Lipinski definition) is 3. The number of nitrogens with two attached hydrogens (primary N) is 1. The Morgan fingerprint density at radius 3 is 2.51 bits per heavy atom. The zero-order chi connectivity index (χ0) is 24.5. The second-order valence-electron chi connectivity index (χ2n) is 10.3. The molecule has 2 fully saturated rings. The van der Waals surface area contributed by atoms with E-state index in [9.17, 15) is 9.59 Å². The van der Waals surface area contributed by atoms with Gasteiger partial charge in [0.1, 0.15) is 0 Å². The molecule has 2 aromatic rings. The van der Waals surface area contributed by atoms with Crippen molar-refractivity contribution in [3.8, 4) is 0 Å². The quantitative estimate of drug-likeness (QED) is 0.416. The third kappa shape index (κ3) is 7.63. The van der Waals surface area contributed by atoms with Crippen molar-refractivity contribution >= 4 is 23.2 Å². The number of carbonyl (C=O) groups excluding carboxylic acids is 2. The van der Waals surface area contributed by atoms with E-state index in [4.69, 9.17) is 5.73 Å². The number of piperidine rings is 1. The average Bonchev–Trinajstić information content (AvgIpc) is 3.55. The Bertz CT molecular complexity index is 920. The molecule has 4 N–H and O–H groups in total. The number of hydrogen-bond acceptors (Lipinski definition) is 5. The van der Waals surface area contributed by atoms with Crippen LogP contribution in [0, 0.1) is 5.92 Å². The summed E-state index contributed by atoms with van der Waals surface area (Å²) in [5, 5.41) is 8.87. The predicted molar refractivity (Wildman–Crippen MR) is 142 cm³/mol. The van der Waals surface area contributed by atoms with Crippen LogP contribution < -0.4 is 16.4 Å². The number of likely N-dealkylation sites (tertiary alicyclic amines) is 1. The maximum absolute atomic E-state index is 12.9. The molecule has 1 aromatic carbocycles. The third-order valence-corrected chi connectivity index (χ3v) is 8.48. The van der Waals surface area contributed by atoms with Crippen molar-refractivity contribution in [3.63, 3.8) is 0 Å². The Kier molecular flexibility index (Phi) is 9.35. The van der Waals surface area contributed by atoms with Crippen molar-refractivity contribution in [1.29, 1.82) is 0 Å². The lowest BCUT2D eigenvalue weighted by Crippen LogP contribution is -2.56. The van der Waals surface area contributed by atoms with Crippen LogP contribution >= 0.6 is 11.3 Å². The highest BCUT2D eigenvalue weighted by atomic mass is 32.1. The van der Waals surface area contributed by atoms with E-state index in [0.717, 1.165) is 82.4 Å². The van der Waals surface area contributed by atoms with Gasteiger partial charge in [-0.05, 0) is 68.0 Å². The number of thiophene rings is 1. The summed E-state index contributed by atoms with van der Waals surface area (Å²) in [7, 11) is 0. The number of nitrogens with one attached hydrogen (secondary N) is 2. The van der Waals surface area contributed by atoms with Gasteiger partial charge >= 0.3 is 0 Å². The van der Waals surface area contributed by atoms with Crippen LogP contribution in [0.25, 0.3) is 0 Å². The zero-order valence-electron chi connectivity index (χ0n) is 20.7. The molecule has 190 valence electrons. The molecular formula is C28H40N4O2S. The fourth-order valence-electron chi connectivity index (χ4n) is 5.36. The third-order valence-electron chi connectivity index (χ3n) is 7.60. The number of benzene rings is 1. The summed E-state index contributed by atoms with van der Waals surface area (Å²) >= 11 is 1.65. The summed E-state index contributed by atoms with van der Waals surface area (Å²) in [6.45, 7) is 3.37. The van der Waals surface area contributed by atoms with Gasteiger partial charge in [-0.25, -0.2) is 0 Å². The minimum atomic E-state index is -0.705. The zero-order valence-corrected chi connectivity index (χ0v) is 21.5. The van der Waals surface area contributed by atoms with Crippen LogP contribution in [-0.4, -0.2) is 54.5 Å². The lowest BCUT2D eigenvalue weighted by Gasteiger charge is -2.32. The van der Waals surface area contributed by atoms with Gasteiger partial charge in [0.15, 0.2) is 0 Å². The highest BCUT2D eigenvalue weighted by molar-refractivity contribution is 7.10. The molecule has 1 saturated heterocycles. The highest BCUT2D eigenvalue weighted by Crippen LogP contribution is 2.27. The number of nitrogens with zero attached hydrogens (tertiary/aromatic N) is 1. The van der Waals surface area contributed by atoms with E-state index in [1.54, 1.807) is 11.3 Å². The Labute approximate surface area is 213 Å². The summed E-state index contributed by atoms with van der Waals surface area (Å²) in [4.78, 5) is 28.7. The van der Waals surface area contributed by atoms with Crippen molar-refractivity contribution in [2.45, 2.75) is 69.4 Å². The molecule has 1 aliphatic carbocycles. The van der Waals surface area contributed by atoms with Gasteiger partial charge in [0, 0.05) is 30.6 Å².